The van der Waals surface area contributed by atoms with Gasteiger partial charge in [0.05, 0.1) is 12.7 Å². The van der Waals surface area contributed by atoms with E-state index in [4.69, 9.17) is 10.00 Å². The number of rotatable bonds is 7. The monoisotopic (exact) mass is 246 g/mol. The predicted molar refractivity (Wildman–Crippen MR) is 73.6 cm³/mol. The number of aryl methyl sites for hydroxylation is 1. The molecule has 0 aromatic heterocycles. The summed E-state index contributed by atoms with van der Waals surface area (Å²) in [5, 5.41) is 12.1. The minimum Gasteiger partial charge on any atom is -0.493 e. The molecule has 1 aromatic rings. The van der Waals surface area contributed by atoms with E-state index >= 15 is 0 Å². The Labute approximate surface area is 110 Å². The third-order valence-corrected chi connectivity index (χ3v) is 3.23. The number of ether oxygens (including phenoxy) is 1. The molecule has 3 heteroatoms. The number of nitrogens with one attached hydrogen (secondary N) is 1. The highest BCUT2D eigenvalue weighted by Gasteiger charge is 2.20. The summed E-state index contributed by atoms with van der Waals surface area (Å²) in [5.74, 6) is 0.961. The molecule has 0 spiro atoms. The maximum absolute atomic E-state index is 9.03. The van der Waals surface area contributed by atoms with Crippen LogP contribution >= 0.6 is 0 Å². The average molecular weight is 246 g/mol. The second-order valence-corrected chi connectivity index (χ2v) is 4.61. The van der Waals surface area contributed by atoms with Crippen LogP contribution in [0.5, 0.6) is 5.75 Å². The highest BCUT2D eigenvalue weighted by Crippen LogP contribution is 2.19. The van der Waals surface area contributed by atoms with E-state index in [-0.39, 0.29) is 0 Å². The lowest BCUT2D eigenvalue weighted by molar-refractivity contribution is 0.286. The van der Waals surface area contributed by atoms with Gasteiger partial charge in [-0.1, -0.05) is 25.1 Å². The van der Waals surface area contributed by atoms with Crippen LogP contribution in [0.3, 0.4) is 0 Å². The van der Waals surface area contributed by atoms with Gasteiger partial charge in [-0.3, -0.25) is 0 Å². The molecule has 1 aromatic carbocycles. The van der Waals surface area contributed by atoms with Gasteiger partial charge in [-0.25, -0.2) is 0 Å². The summed E-state index contributed by atoms with van der Waals surface area (Å²) in [6, 6.07) is 10.4. The third-order valence-electron chi connectivity index (χ3n) is 3.23. The maximum Gasteiger partial charge on any atom is 0.122 e. The van der Waals surface area contributed by atoms with E-state index in [1.165, 1.54) is 5.56 Å². The summed E-state index contributed by atoms with van der Waals surface area (Å²) >= 11 is 0. The highest BCUT2D eigenvalue weighted by atomic mass is 16.5. The highest BCUT2D eigenvalue weighted by molar-refractivity contribution is 5.33. The molecule has 18 heavy (non-hydrogen) atoms. The fourth-order valence-electron chi connectivity index (χ4n) is 1.78. The molecule has 0 aliphatic heterocycles. The Morgan fingerprint density at radius 1 is 1.39 bits per heavy atom. The molecule has 0 bridgehead atoms. The molecule has 0 heterocycles. The molecule has 0 aliphatic rings. The smallest absolute Gasteiger partial charge is 0.122 e. The Hall–Kier alpha value is -1.53. The van der Waals surface area contributed by atoms with Crippen LogP contribution in [-0.2, 0) is 6.42 Å². The fourth-order valence-corrected chi connectivity index (χ4v) is 1.78. The van der Waals surface area contributed by atoms with E-state index in [0.29, 0.717) is 6.61 Å². The van der Waals surface area contributed by atoms with Crippen LogP contribution in [0.2, 0.25) is 0 Å². The summed E-state index contributed by atoms with van der Waals surface area (Å²) in [4.78, 5) is 0. The molecular formula is C15H22N2O. The van der Waals surface area contributed by atoms with Crippen molar-refractivity contribution in [3.05, 3.63) is 29.8 Å². The topological polar surface area (TPSA) is 45.0 Å². The molecule has 1 unspecified atom stereocenters. The van der Waals surface area contributed by atoms with Crippen LogP contribution in [0.15, 0.2) is 24.3 Å². The molecule has 0 aliphatic carbocycles. The van der Waals surface area contributed by atoms with Crippen molar-refractivity contribution >= 4 is 0 Å². The normalized spacial score (nSPS) is 13.7. The summed E-state index contributed by atoms with van der Waals surface area (Å²) in [5.41, 5.74) is 0.780. The van der Waals surface area contributed by atoms with Crippen molar-refractivity contribution in [1.29, 1.82) is 5.26 Å². The first kappa shape index (κ1) is 14.5. The Balaban J connectivity index is 2.41. The number of hydrogen-bond acceptors (Lipinski definition) is 3. The van der Waals surface area contributed by atoms with Gasteiger partial charge >= 0.3 is 0 Å². The second kappa shape index (κ2) is 7.03. The summed E-state index contributed by atoms with van der Waals surface area (Å²) in [6.07, 6.45) is 2.62. The molecule has 1 rings (SSSR count). The van der Waals surface area contributed by atoms with Gasteiger partial charge in [0.25, 0.3) is 0 Å². The number of benzene rings is 1. The Morgan fingerprint density at radius 3 is 2.72 bits per heavy atom. The van der Waals surface area contributed by atoms with Crippen molar-refractivity contribution in [3.63, 3.8) is 0 Å². The largest absolute Gasteiger partial charge is 0.493 e. The van der Waals surface area contributed by atoms with Gasteiger partial charge in [0.2, 0.25) is 0 Å². The summed E-state index contributed by atoms with van der Waals surface area (Å²) in [6.45, 7) is 4.68. The van der Waals surface area contributed by atoms with Crippen molar-refractivity contribution in [2.45, 2.75) is 38.6 Å². The first-order valence-electron chi connectivity index (χ1n) is 6.46. The van der Waals surface area contributed by atoms with E-state index in [2.05, 4.69) is 24.4 Å². The lowest BCUT2D eigenvalue weighted by atomic mass is 9.98. The van der Waals surface area contributed by atoms with Crippen LogP contribution < -0.4 is 10.1 Å². The standard InChI is InChI=1S/C15H22N2O/c1-4-13-8-5-6-9-14(13)18-11-7-10-15(2,12-16)17-3/h5-6,8-9,17H,4,7,10-11H2,1-3H3. The average Bonchev–Trinajstić information content (AvgIpc) is 2.43. The molecule has 1 N–H and O–H groups in total. The van der Waals surface area contributed by atoms with Gasteiger partial charge in [-0.2, -0.15) is 5.26 Å². The first-order valence-corrected chi connectivity index (χ1v) is 6.46. The zero-order valence-electron chi connectivity index (χ0n) is 11.5. The molecule has 0 saturated carbocycles. The first-order chi connectivity index (χ1) is 8.65. The van der Waals surface area contributed by atoms with Gasteiger partial charge in [0.1, 0.15) is 11.3 Å². The zero-order chi connectivity index (χ0) is 13.4. The van der Waals surface area contributed by atoms with Crippen molar-refractivity contribution in [1.82, 2.24) is 5.32 Å². The number of nitriles is 1. The Morgan fingerprint density at radius 2 is 2.11 bits per heavy atom. The van der Waals surface area contributed by atoms with E-state index in [9.17, 15) is 0 Å². The molecule has 3 nitrogen and oxygen atoms in total. The second-order valence-electron chi connectivity index (χ2n) is 4.61. The van der Waals surface area contributed by atoms with E-state index in [0.717, 1.165) is 25.0 Å². The molecule has 1 atom stereocenters. The van der Waals surface area contributed by atoms with E-state index < -0.39 is 5.54 Å². The van der Waals surface area contributed by atoms with Crippen LogP contribution in [-0.4, -0.2) is 19.2 Å². The Bertz CT molecular complexity index is 411. The summed E-state index contributed by atoms with van der Waals surface area (Å²) < 4.78 is 5.78. The molecule has 0 amide bonds. The van der Waals surface area contributed by atoms with Gasteiger partial charge in [0, 0.05) is 0 Å². The SMILES string of the molecule is CCc1ccccc1OCCCC(C)(C#N)NC. The van der Waals surface area contributed by atoms with Crippen LogP contribution in [0, 0.1) is 11.3 Å². The number of nitrogens with zero attached hydrogens (tertiary/aromatic N) is 1. The van der Waals surface area contributed by atoms with Crippen LogP contribution in [0.25, 0.3) is 0 Å². The van der Waals surface area contributed by atoms with Crippen LogP contribution in [0.4, 0.5) is 0 Å². The van der Waals surface area contributed by atoms with Gasteiger partial charge in [-0.15, -0.1) is 0 Å². The predicted octanol–water partition coefficient (Wildman–Crippen LogP) is 2.91. The number of para-hydroxylation sites is 1. The Kier molecular flexibility index (Phi) is 5.67. The quantitative estimate of drug-likeness (QED) is 0.752. The molecule has 0 saturated heterocycles. The van der Waals surface area contributed by atoms with Gasteiger partial charge in [-0.05, 0) is 44.9 Å². The zero-order valence-corrected chi connectivity index (χ0v) is 11.5. The van der Waals surface area contributed by atoms with Crippen LogP contribution in [0.1, 0.15) is 32.3 Å². The minimum atomic E-state index is -0.451. The third kappa shape index (κ3) is 4.05. The molecule has 0 fully saturated rings. The van der Waals surface area contributed by atoms with Gasteiger partial charge in [0.15, 0.2) is 0 Å². The summed E-state index contributed by atoms with van der Waals surface area (Å²) in [7, 11) is 1.82. The molecule has 98 valence electrons. The van der Waals surface area contributed by atoms with Crippen molar-refractivity contribution in [2.75, 3.05) is 13.7 Å². The van der Waals surface area contributed by atoms with Crippen molar-refractivity contribution < 1.29 is 4.74 Å². The van der Waals surface area contributed by atoms with E-state index in [1.807, 2.05) is 32.2 Å². The van der Waals surface area contributed by atoms with E-state index in [1.54, 1.807) is 0 Å². The number of hydrogen-bond donors (Lipinski definition) is 1. The minimum absolute atomic E-state index is 0.451. The fraction of sp³-hybridized carbons (Fsp3) is 0.533. The molecular weight excluding hydrogens is 224 g/mol. The lowest BCUT2D eigenvalue weighted by Crippen LogP contribution is -2.38. The van der Waals surface area contributed by atoms with Crippen molar-refractivity contribution in [3.8, 4) is 11.8 Å². The van der Waals surface area contributed by atoms with Crippen molar-refractivity contribution in [2.24, 2.45) is 0 Å². The van der Waals surface area contributed by atoms with Gasteiger partial charge < -0.3 is 10.1 Å². The maximum atomic E-state index is 9.03. The molecule has 0 radical (unpaired) electrons. The lowest BCUT2D eigenvalue weighted by Gasteiger charge is -2.20.